The van der Waals surface area contributed by atoms with E-state index in [1.807, 2.05) is 25.1 Å². The van der Waals surface area contributed by atoms with Crippen LogP contribution in [-0.2, 0) is 15.9 Å². The van der Waals surface area contributed by atoms with Crippen LogP contribution in [0.2, 0.25) is 0 Å². The van der Waals surface area contributed by atoms with E-state index in [2.05, 4.69) is 12.1 Å². The maximum absolute atomic E-state index is 8.77. The molecule has 0 bridgehead atoms. The molecule has 3 heteroatoms. The van der Waals surface area contributed by atoms with Crippen molar-refractivity contribution in [3.63, 3.8) is 0 Å². The fourth-order valence-corrected chi connectivity index (χ4v) is 2.38. The van der Waals surface area contributed by atoms with Crippen LogP contribution in [0.3, 0.4) is 0 Å². The summed E-state index contributed by atoms with van der Waals surface area (Å²) >= 11 is 0. The van der Waals surface area contributed by atoms with Crippen LogP contribution in [-0.4, -0.2) is 30.2 Å². The molecule has 1 aromatic carbocycles. The number of benzene rings is 1. The van der Waals surface area contributed by atoms with Crippen LogP contribution >= 0.6 is 0 Å². The summed E-state index contributed by atoms with van der Waals surface area (Å²) < 4.78 is 11.8. The molecular formula is C15H22O3. The molecule has 0 aromatic heterocycles. The molecular weight excluding hydrogens is 228 g/mol. The van der Waals surface area contributed by atoms with Crippen LogP contribution in [0.25, 0.3) is 0 Å². The minimum absolute atomic E-state index is 0.172. The average Bonchev–Trinajstić information content (AvgIpc) is 2.72. The normalized spacial score (nSPS) is 27.6. The molecule has 1 aromatic rings. The molecule has 0 radical (unpaired) electrons. The maximum atomic E-state index is 8.77. The third kappa shape index (κ3) is 3.80. The number of hydrogen-bond donors (Lipinski definition) is 1. The fourth-order valence-electron chi connectivity index (χ4n) is 2.38. The Balaban J connectivity index is 1.82. The second-order valence-electron chi connectivity index (χ2n) is 5.07. The summed E-state index contributed by atoms with van der Waals surface area (Å²) in [6.07, 6.45) is 3.75. The van der Waals surface area contributed by atoms with Gasteiger partial charge < -0.3 is 14.6 Å². The van der Waals surface area contributed by atoms with Crippen LogP contribution in [0.15, 0.2) is 30.3 Å². The van der Waals surface area contributed by atoms with Crippen molar-refractivity contribution in [3.05, 3.63) is 35.9 Å². The quantitative estimate of drug-likeness (QED) is 0.788. The zero-order valence-electron chi connectivity index (χ0n) is 11.0. The van der Waals surface area contributed by atoms with Crippen molar-refractivity contribution >= 4 is 0 Å². The largest absolute Gasteiger partial charge is 0.396 e. The first-order valence-electron chi connectivity index (χ1n) is 6.68. The van der Waals surface area contributed by atoms with Crippen molar-refractivity contribution in [2.24, 2.45) is 0 Å². The Bertz CT molecular complexity index is 352. The van der Waals surface area contributed by atoms with E-state index in [1.54, 1.807) is 0 Å². The van der Waals surface area contributed by atoms with Crippen molar-refractivity contribution in [1.82, 2.24) is 0 Å². The molecule has 2 rings (SSSR count). The lowest BCUT2D eigenvalue weighted by Crippen LogP contribution is -2.29. The van der Waals surface area contributed by atoms with Gasteiger partial charge in [-0.15, -0.1) is 0 Å². The molecule has 0 saturated carbocycles. The summed E-state index contributed by atoms with van der Waals surface area (Å²) in [5, 5.41) is 8.77. The standard InChI is InChI=1S/C15H22O3/c1-15(11-13-7-3-2-4-8-13)17-12-14(18-15)9-5-6-10-16/h2-4,7-8,14,16H,5-6,9-12H2,1H3/t14-,15-/m0/s1. The lowest BCUT2D eigenvalue weighted by molar-refractivity contribution is -0.153. The number of unbranched alkanes of at least 4 members (excludes halogenated alkanes) is 1. The van der Waals surface area contributed by atoms with E-state index in [0.29, 0.717) is 6.61 Å². The highest BCUT2D eigenvalue weighted by atomic mass is 16.7. The van der Waals surface area contributed by atoms with Gasteiger partial charge in [0.2, 0.25) is 0 Å². The average molecular weight is 250 g/mol. The van der Waals surface area contributed by atoms with Crippen LogP contribution in [0, 0.1) is 0 Å². The summed E-state index contributed by atoms with van der Waals surface area (Å²) in [4.78, 5) is 0. The third-order valence-corrected chi connectivity index (χ3v) is 3.29. The van der Waals surface area contributed by atoms with Gasteiger partial charge in [-0.1, -0.05) is 30.3 Å². The summed E-state index contributed by atoms with van der Waals surface area (Å²) in [5.41, 5.74) is 1.23. The Morgan fingerprint density at radius 2 is 2.06 bits per heavy atom. The molecule has 0 unspecified atom stereocenters. The van der Waals surface area contributed by atoms with E-state index < -0.39 is 5.79 Å². The zero-order chi connectivity index (χ0) is 12.8. The molecule has 0 amide bonds. The van der Waals surface area contributed by atoms with Gasteiger partial charge in [-0.25, -0.2) is 0 Å². The topological polar surface area (TPSA) is 38.7 Å². The van der Waals surface area contributed by atoms with Gasteiger partial charge in [0.15, 0.2) is 5.79 Å². The number of aliphatic hydroxyl groups is 1. The third-order valence-electron chi connectivity index (χ3n) is 3.29. The molecule has 1 N–H and O–H groups in total. The van der Waals surface area contributed by atoms with Gasteiger partial charge in [0, 0.05) is 13.0 Å². The second-order valence-corrected chi connectivity index (χ2v) is 5.07. The van der Waals surface area contributed by atoms with E-state index in [9.17, 15) is 0 Å². The van der Waals surface area contributed by atoms with Gasteiger partial charge in [0.25, 0.3) is 0 Å². The maximum Gasteiger partial charge on any atom is 0.170 e. The molecule has 18 heavy (non-hydrogen) atoms. The molecule has 1 aliphatic rings. The van der Waals surface area contributed by atoms with Crippen LogP contribution < -0.4 is 0 Å². The molecule has 3 nitrogen and oxygen atoms in total. The Kier molecular flexibility index (Phi) is 4.75. The minimum Gasteiger partial charge on any atom is -0.396 e. The monoisotopic (exact) mass is 250 g/mol. The molecule has 1 fully saturated rings. The molecule has 1 heterocycles. The second kappa shape index (κ2) is 6.32. The lowest BCUT2D eigenvalue weighted by Gasteiger charge is -2.23. The lowest BCUT2D eigenvalue weighted by atomic mass is 10.1. The van der Waals surface area contributed by atoms with E-state index in [4.69, 9.17) is 14.6 Å². The molecule has 2 atom stereocenters. The van der Waals surface area contributed by atoms with Crippen LogP contribution in [0.5, 0.6) is 0 Å². The first-order chi connectivity index (χ1) is 8.72. The summed E-state index contributed by atoms with van der Waals surface area (Å²) in [7, 11) is 0. The summed E-state index contributed by atoms with van der Waals surface area (Å²) in [6.45, 7) is 2.93. The number of aliphatic hydroxyl groups excluding tert-OH is 1. The highest BCUT2D eigenvalue weighted by Crippen LogP contribution is 2.29. The summed E-state index contributed by atoms with van der Waals surface area (Å²) in [6, 6.07) is 10.3. The van der Waals surface area contributed by atoms with Gasteiger partial charge >= 0.3 is 0 Å². The van der Waals surface area contributed by atoms with Crippen molar-refractivity contribution in [1.29, 1.82) is 0 Å². The molecule has 0 spiro atoms. The van der Waals surface area contributed by atoms with Crippen molar-refractivity contribution in [2.45, 2.75) is 44.5 Å². The van der Waals surface area contributed by atoms with E-state index >= 15 is 0 Å². The first kappa shape index (κ1) is 13.5. The molecule has 1 aliphatic heterocycles. The van der Waals surface area contributed by atoms with Crippen molar-refractivity contribution in [3.8, 4) is 0 Å². The van der Waals surface area contributed by atoms with Crippen LogP contribution in [0.4, 0.5) is 0 Å². The van der Waals surface area contributed by atoms with E-state index in [1.165, 1.54) is 5.56 Å². The van der Waals surface area contributed by atoms with Gasteiger partial charge in [-0.05, 0) is 31.7 Å². The van der Waals surface area contributed by atoms with Crippen LogP contribution in [0.1, 0.15) is 31.7 Å². The Hall–Kier alpha value is -0.900. The highest BCUT2D eigenvalue weighted by molar-refractivity contribution is 5.16. The Morgan fingerprint density at radius 1 is 1.28 bits per heavy atom. The number of rotatable bonds is 6. The predicted octanol–water partition coefficient (Wildman–Crippen LogP) is 2.52. The van der Waals surface area contributed by atoms with Gasteiger partial charge in [-0.2, -0.15) is 0 Å². The highest BCUT2D eigenvalue weighted by Gasteiger charge is 2.36. The first-order valence-corrected chi connectivity index (χ1v) is 6.68. The minimum atomic E-state index is -0.495. The Morgan fingerprint density at radius 3 is 2.78 bits per heavy atom. The Labute approximate surface area is 109 Å². The van der Waals surface area contributed by atoms with Gasteiger partial charge in [-0.3, -0.25) is 0 Å². The predicted molar refractivity (Wildman–Crippen MR) is 70.3 cm³/mol. The van der Waals surface area contributed by atoms with E-state index in [0.717, 1.165) is 25.7 Å². The van der Waals surface area contributed by atoms with Crippen molar-refractivity contribution < 1.29 is 14.6 Å². The fraction of sp³-hybridized carbons (Fsp3) is 0.600. The smallest absolute Gasteiger partial charge is 0.170 e. The molecule has 100 valence electrons. The number of ether oxygens (including phenoxy) is 2. The molecule has 1 saturated heterocycles. The zero-order valence-corrected chi connectivity index (χ0v) is 11.0. The van der Waals surface area contributed by atoms with Crippen molar-refractivity contribution in [2.75, 3.05) is 13.2 Å². The van der Waals surface area contributed by atoms with Gasteiger partial charge in [0.05, 0.1) is 12.7 Å². The molecule has 0 aliphatic carbocycles. The van der Waals surface area contributed by atoms with Gasteiger partial charge in [0.1, 0.15) is 0 Å². The number of hydrogen-bond acceptors (Lipinski definition) is 3. The SMILES string of the molecule is C[C@]1(Cc2ccccc2)OC[C@H](CCCCO)O1. The summed E-state index contributed by atoms with van der Waals surface area (Å²) in [5.74, 6) is -0.495. The van der Waals surface area contributed by atoms with E-state index in [-0.39, 0.29) is 12.7 Å².